The average Bonchev–Trinajstić information content (AvgIpc) is 2.47. The first kappa shape index (κ1) is 16.7. The highest BCUT2D eigenvalue weighted by atomic mass is 16.5. The smallest absolute Gasteiger partial charge is 0.191 e. The van der Waals surface area contributed by atoms with E-state index >= 15 is 0 Å². The Morgan fingerprint density at radius 2 is 1.85 bits per heavy atom. The van der Waals surface area contributed by atoms with Crippen molar-refractivity contribution in [2.24, 2.45) is 0 Å². The Morgan fingerprint density at radius 3 is 2.55 bits per heavy atom. The number of ketones is 1. The molecule has 1 aromatic rings. The Kier molecular flexibility index (Phi) is 7.97. The highest BCUT2D eigenvalue weighted by molar-refractivity contribution is 5.99. The van der Waals surface area contributed by atoms with Crippen molar-refractivity contribution in [2.45, 2.75) is 52.6 Å². The van der Waals surface area contributed by atoms with E-state index in [2.05, 4.69) is 13.8 Å². The molecule has 0 fully saturated rings. The third-order valence-electron chi connectivity index (χ3n) is 3.12. The minimum absolute atomic E-state index is 0.0158. The standard InChI is InChI=1S/C17H26O3/c1-4-6-11-19-14(3)17(18)15-9-8-10-16(13-15)20-12-7-5-2/h8-10,13-14H,4-7,11-12H2,1-3H3. The van der Waals surface area contributed by atoms with E-state index in [1.54, 1.807) is 6.07 Å². The maximum absolute atomic E-state index is 12.2. The average molecular weight is 278 g/mol. The van der Waals surface area contributed by atoms with E-state index in [0.29, 0.717) is 18.8 Å². The number of carbonyl (C=O) groups is 1. The van der Waals surface area contributed by atoms with Crippen molar-refractivity contribution in [2.75, 3.05) is 13.2 Å². The lowest BCUT2D eigenvalue weighted by molar-refractivity contribution is 0.0467. The lowest BCUT2D eigenvalue weighted by Gasteiger charge is -2.13. The van der Waals surface area contributed by atoms with Gasteiger partial charge in [-0.15, -0.1) is 0 Å². The fraction of sp³-hybridized carbons (Fsp3) is 0.588. The molecular weight excluding hydrogens is 252 g/mol. The topological polar surface area (TPSA) is 35.5 Å². The van der Waals surface area contributed by atoms with Crippen LogP contribution in [0.4, 0.5) is 0 Å². The third-order valence-corrected chi connectivity index (χ3v) is 3.12. The van der Waals surface area contributed by atoms with E-state index in [4.69, 9.17) is 9.47 Å². The van der Waals surface area contributed by atoms with Crippen LogP contribution in [0.2, 0.25) is 0 Å². The minimum atomic E-state index is -0.396. The summed E-state index contributed by atoms with van der Waals surface area (Å²) in [6, 6.07) is 7.36. The first-order valence-corrected chi connectivity index (χ1v) is 7.57. The van der Waals surface area contributed by atoms with Crippen LogP contribution in [-0.2, 0) is 4.74 Å². The van der Waals surface area contributed by atoms with Gasteiger partial charge >= 0.3 is 0 Å². The predicted molar refractivity (Wildman–Crippen MR) is 81.5 cm³/mol. The molecule has 3 heteroatoms. The lowest BCUT2D eigenvalue weighted by Crippen LogP contribution is -2.21. The molecule has 0 aliphatic rings. The molecule has 0 aliphatic carbocycles. The second kappa shape index (κ2) is 9.54. The summed E-state index contributed by atoms with van der Waals surface area (Å²) in [4.78, 5) is 12.2. The van der Waals surface area contributed by atoms with Crippen LogP contribution in [0, 0.1) is 0 Å². The Morgan fingerprint density at radius 1 is 1.15 bits per heavy atom. The van der Waals surface area contributed by atoms with Gasteiger partial charge in [-0.1, -0.05) is 38.8 Å². The van der Waals surface area contributed by atoms with E-state index in [1.165, 1.54) is 0 Å². The maximum atomic E-state index is 12.2. The number of rotatable bonds is 10. The molecule has 1 unspecified atom stereocenters. The Hall–Kier alpha value is -1.35. The van der Waals surface area contributed by atoms with Gasteiger partial charge in [-0.2, -0.15) is 0 Å². The summed E-state index contributed by atoms with van der Waals surface area (Å²) in [7, 11) is 0. The molecule has 0 radical (unpaired) electrons. The van der Waals surface area contributed by atoms with Gasteiger partial charge < -0.3 is 9.47 Å². The first-order valence-electron chi connectivity index (χ1n) is 7.57. The van der Waals surface area contributed by atoms with Crippen molar-refractivity contribution >= 4 is 5.78 Å². The molecule has 0 saturated carbocycles. The largest absolute Gasteiger partial charge is 0.494 e. The molecular formula is C17H26O3. The SMILES string of the molecule is CCCCOc1cccc(C(=O)C(C)OCCCC)c1. The van der Waals surface area contributed by atoms with Gasteiger partial charge in [0, 0.05) is 12.2 Å². The van der Waals surface area contributed by atoms with Crippen LogP contribution in [0.15, 0.2) is 24.3 Å². The summed E-state index contributed by atoms with van der Waals surface area (Å²) in [5.41, 5.74) is 0.656. The maximum Gasteiger partial charge on any atom is 0.191 e. The fourth-order valence-electron chi connectivity index (χ4n) is 1.79. The van der Waals surface area contributed by atoms with E-state index < -0.39 is 6.10 Å². The second-order valence-electron chi connectivity index (χ2n) is 4.96. The molecule has 1 atom stereocenters. The van der Waals surface area contributed by atoms with Crippen molar-refractivity contribution < 1.29 is 14.3 Å². The summed E-state index contributed by atoms with van der Waals surface area (Å²) in [6.45, 7) is 7.36. The van der Waals surface area contributed by atoms with Gasteiger partial charge in [0.15, 0.2) is 5.78 Å². The lowest BCUT2D eigenvalue weighted by atomic mass is 10.1. The van der Waals surface area contributed by atoms with E-state index in [9.17, 15) is 4.79 Å². The molecule has 112 valence electrons. The number of hydrogen-bond acceptors (Lipinski definition) is 3. The van der Waals surface area contributed by atoms with Gasteiger partial charge in [-0.3, -0.25) is 4.79 Å². The van der Waals surface area contributed by atoms with Crippen LogP contribution in [0.5, 0.6) is 5.75 Å². The molecule has 20 heavy (non-hydrogen) atoms. The van der Waals surface area contributed by atoms with Crippen molar-refractivity contribution in [1.82, 2.24) is 0 Å². The zero-order valence-electron chi connectivity index (χ0n) is 12.9. The van der Waals surface area contributed by atoms with Crippen molar-refractivity contribution in [1.29, 1.82) is 0 Å². The van der Waals surface area contributed by atoms with Gasteiger partial charge in [0.25, 0.3) is 0 Å². The zero-order chi connectivity index (χ0) is 14.8. The molecule has 0 N–H and O–H groups in total. The monoisotopic (exact) mass is 278 g/mol. The van der Waals surface area contributed by atoms with E-state index in [0.717, 1.165) is 31.4 Å². The summed E-state index contributed by atoms with van der Waals surface area (Å²) in [5, 5.41) is 0. The zero-order valence-corrected chi connectivity index (χ0v) is 12.9. The molecule has 0 heterocycles. The van der Waals surface area contributed by atoms with Crippen LogP contribution in [-0.4, -0.2) is 25.1 Å². The summed E-state index contributed by atoms with van der Waals surface area (Å²) in [5.74, 6) is 0.770. The molecule has 0 saturated heterocycles. The summed E-state index contributed by atoms with van der Waals surface area (Å²) < 4.78 is 11.2. The summed E-state index contributed by atoms with van der Waals surface area (Å²) >= 11 is 0. The van der Waals surface area contributed by atoms with Crippen molar-refractivity contribution in [3.63, 3.8) is 0 Å². The van der Waals surface area contributed by atoms with Gasteiger partial charge in [0.2, 0.25) is 0 Å². The van der Waals surface area contributed by atoms with Crippen LogP contribution in [0.25, 0.3) is 0 Å². The molecule has 1 rings (SSSR count). The molecule has 3 nitrogen and oxygen atoms in total. The van der Waals surface area contributed by atoms with Crippen LogP contribution in [0.3, 0.4) is 0 Å². The molecule has 0 amide bonds. The molecule has 1 aromatic carbocycles. The second-order valence-corrected chi connectivity index (χ2v) is 4.96. The number of unbranched alkanes of at least 4 members (excludes halogenated alkanes) is 2. The van der Waals surface area contributed by atoms with E-state index in [1.807, 2.05) is 25.1 Å². The molecule has 0 spiro atoms. The third kappa shape index (κ3) is 5.74. The van der Waals surface area contributed by atoms with Crippen molar-refractivity contribution in [3.8, 4) is 5.75 Å². The minimum Gasteiger partial charge on any atom is -0.494 e. The highest BCUT2D eigenvalue weighted by Gasteiger charge is 2.16. The van der Waals surface area contributed by atoms with Gasteiger partial charge in [0.05, 0.1) is 6.61 Å². The predicted octanol–water partition coefficient (Wildman–Crippen LogP) is 4.25. The van der Waals surface area contributed by atoms with Gasteiger partial charge in [-0.25, -0.2) is 0 Å². The van der Waals surface area contributed by atoms with Crippen LogP contribution in [0.1, 0.15) is 56.8 Å². The Bertz CT molecular complexity index is 401. The first-order chi connectivity index (χ1) is 9.69. The quantitative estimate of drug-likeness (QED) is 0.474. The molecule has 0 bridgehead atoms. The van der Waals surface area contributed by atoms with E-state index in [-0.39, 0.29) is 5.78 Å². The van der Waals surface area contributed by atoms with Crippen molar-refractivity contribution in [3.05, 3.63) is 29.8 Å². The Balaban J connectivity index is 2.56. The van der Waals surface area contributed by atoms with Gasteiger partial charge in [0.1, 0.15) is 11.9 Å². The molecule has 0 aromatic heterocycles. The van der Waals surface area contributed by atoms with Gasteiger partial charge in [-0.05, 0) is 31.9 Å². The number of Topliss-reactive ketones (excluding diaryl/α,β-unsaturated/α-hetero) is 1. The normalized spacial score (nSPS) is 12.2. The number of ether oxygens (including phenoxy) is 2. The number of carbonyl (C=O) groups excluding carboxylic acids is 1. The fourth-order valence-corrected chi connectivity index (χ4v) is 1.79. The van der Waals surface area contributed by atoms with Crippen LogP contribution >= 0.6 is 0 Å². The highest BCUT2D eigenvalue weighted by Crippen LogP contribution is 2.16. The number of benzene rings is 1. The molecule has 0 aliphatic heterocycles. The summed E-state index contributed by atoms with van der Waals surface area (Å²) in [6.07, 6.45) is 3.78. The number of hydrogen-bond donors (Lipinski definition) is 0. The van der Waals surface area contributed by atoms with Crippen LogP contribution < -0.4 is 4.74 Å². The Labute approximate surface area is 122 Å².